The first-order chi connectivity index (χ1) is 64.8. The van der Waals surface area contributed by atoms with Gasteiger partial charge in [0.1, 0.15) is 45.5 Å². The number of aryl methyl sites for hydroxylation is 3. The molecule has 0 radical (unpaired) electrons. The fourth-order valence-electron chi connectivity index (χ4n) is 14.6. The molecule has 4 amide bonds. The number of carboxylic acid groups (broad SMARTS) is 1. The van der Waals surface area contributed by atoms with Crippen LogP contribution in [-0.2, 0) is 92.4 Å². The fraction of sp³-hybridized carbons (Fsp3) is 0.299. The van der Waals surface area contributed by atoms with Gasteiger partial charge in [-0.3, -0.25) is 28.4 Å². The first-order valence-electron chi connectivity index (χ1n) is 43.1. The molecule has 9 aromatic carbocycles. The summed E-state index contributed by atoms with van der Waals surface area (Å²) >= 11 is 0. The molecule has 3 aromatic heterocycles. The lowest BCUT2D eigenvalue weighted by molar-refractivity contribution is -0.138. The van der Waals surface area contributed by atoms with Crippen molar-refractivity contribution < 1.29 is 116 Å². The molecule has 12 aromatic rings. The maximum Gasteiger partial charge on any atom is 0.416 e. The number of halogens is 9. The van der Waals surface area contributed by atoms with E-state index >= 15 is 0 Å². The van der Waals surface area contributed by atoms with Crippen molar-refractivity contribution in [1.82, 2.24) is 55.1 Å². The number of aliphatic carboxylic acids is 1. The molecule has 3 atom stereocenters. The van der Waals surface area contributed by atoms with Crippen molar-refractivity contribution in [2.24, 2.45) is 5.73 Å². The summed E-state index contributed by atoms with van der Waals surface area (Å²) in [5, 5.41) is 32.1. The number of carboxylic acids is 1. The SMILES string of the molecule is CC(C)(C)OC(=O)N1CCC(N)C1.Cc1ccc(OS(=O)(=O)c2cccc(C(F)(F)F)c2)c(-c2cc(-c3ccccc3)n(CC(=O)N[C@@H]3CCN(C(=O)OC(C)(C)C)C3)n2)c1.Cc1ccc(OS(=O)(=O)c2cccc(C(F)(F)F)c2)c(-c2cc(-c3ccccc3)n(CC(=O)N[C@@H]3CCNC3)n2)c1.Cc1ccc(OS(=O)(=O)c2cccc(C(F)(F)F)c2)c(-c2cc(-c3ccccc3)n(CC(=O)O)n2)c1. The Balaban J connectivity index is 0.000000175. The molecule has 6 N–H and O–H groups in total. The summed E-state index contributed by atoms with van der Waals surface area (Å²) in [5.41, 5.74) is 8.95. The first-order valence-corrected chi connectivity index (χ1v) is 47.3. The molecule has 138 heavy (non-hydrogen) atoms. The van der Waals surface area contributed by atoms with E-state index in [1.165, 1.54) is 32.2 Å². The summed E-state index contributed by atoms with van der Waals surface area (Å²) < 4.78 is 228. The molecule has 41 heteroatoms. The molecule has 29 nitrogen and oxygen atoms in total. The van der Waals surface area contributed by atoms with Crippen LogP contribution in [0, 0.1) is 20.8 Å². The highest BCUT2D eigenvalue weighted by Gasteiger charge is 2.38. The number of nitrogens with one attached hydrogen (secondary N) is 3. The van der Waals surface area contributed by atoms with Crippen molar-refractivity contribution in [3.63, 3.8) is 0 Å². The zero-order valence-electron chi connectivity index (χ0n) is 76.0. The number of carbonyl (C=O) groups excluding carboxylic acids is 4. The smallest absolute Gasteiger partial charge is 0.416 e. The second kappa shape index (κ2) is 42.8. The van der Waals surface area contributed by atoms with Crippen molar-refractivity contribution in [3.8, 4) is 84.8 Å². The van der Waals surface area contributed by atoms with Gasteiger partial charge in [0.25, 0.3) is 0 Å². The van der Waals surface area contributed by atoms with Gasteiger partial charge < -0.3 is 58.6 Å². The molecule has 3 fully saturated rings. The average molecular weight is 1970 g/mol. The third-order valence-electron chi connectivity index (χ3n) is 21.1. The fourth-order valence-corrected chi connectivity index (χ4v) is 17.6. The number of nitrogens with two attached hydrogens (primary N) is 1. The summed E-state index contributed by atoms with van der Waals surface area (Å²) in [6.45, 7) is 19.1. The quantitative estimate of drug-likeness (QED) is 0.0293. The van der Waals surface area contributed by atoms with Gasteiger partial charge in [-0.25, -0.2) is 9.59 Å². The zero-order chi connectivity index (χ0) is 100. The van der Waals surface area contributed by atoms with Crippen molar-refractivity contribution in [2.45, 2.75) is 164 Å². The first kappa shape index (κ1) is 103. The van der Waals surface area contributed by atoms with E-state index in [1.807, 2.05) is 81.4 Å². The number of hydrogen-bond donors (Lipinski definition) is 5. The summed E-state index contributed by atoms with van der Waals surface area (Å²) in [7, 11) is -14.0. The second-order valence-corrected chi connectivity index (χ2v) is 39.2. The third-order valence-corrected chi connectivity index (χ3v) is 24.8. The molecule has 15 rings (SSSR count). The average Bonchev–Trinajstić information content (AvgIpc) is 1.60. The topological polar surface area (TPSA) is 376 Å². The van der Waals surface area contributed by atoms with Crippen LogP contribution in [0.15, 0.2) is 251 Å². The molecule has 3 aliphatic rings. The largest absolute Gasteiger partial charge is 0.480 e. The number of aromatic nitrogens is 6. The van der Waals surface area contributed by atoms with Crippen LogP contribution < -0.4 is 34.2 Å². The van der Waals surface area contributed by atoms with Crippen molar-refractivity contribution >= 4 is 60.3 Å². The molecular weight excluding hydrogens is 1870 g/mol. The monoisotopic (exact) mass is 1970 g/mol. The van der Waals surface area contributed by atoms with E-state index < -0.39 is 110 Å². The highest BCUT2D eigenvalue weighted by molar-refractivity contribution is 7.87. The number of benzene rings is 9. The minimum atomic E-state index is -4.75. The van der Waals surface area contributed by atoms with Crippen molar-refractivity contribution in [3.05, 3.63) is 270 Å². The minimum absolute atomic E-state index is 0.0236. The van der Waals surface area contributed by atoms with Gasteiger partial charge in [-0.2, -0.15) is 80.1 Å². The maximum absolute atomic E-state index is 13.3. The Bertz CT molecular complexity index is 6770. The maximum atomic E-state index is 13.3. The minimum Gasteiger partial charge on any atom is -0.480 e. The second-order valence-electron chi connectivity index (χ2n) is 34.6. The number of alkyl halides is 9. The molecule has 0 bridgehead atoms. The van der Waals surface area contributed by atoms with Gasteiger partial charge in [0.2, 0.25) is 11.8 Å². The van der Waals surface area contributed by atoms with Crippen molar-refractivity contribution in [2.75, 3.05) is 39.3 Å². The van der Waals surface area contributed by atoms with Gasteiger partial charge in [0.05, 0.1) is 50.9 Å². The number of rotatable bonds is 23. The molecule has 0 aliphatic carbocycles. The molecule has 1 unspecified atom stereocenters. The summed E-state index contributed by atoms with van der Waals surface area (Å²) in [6.07, 6.45) is -12.7. The van der Waals surface area contributed by atoms with E-state index in [-0.39, 0.29) is 88.9 Å². The van der Waals surface area contributed by atoms with Crippen LogP contribution in [-0.4, -0.2) is 168 Å². The Kier molecular flexibility index (Phi) is 31.9. The molecule has 3 saturated heterocycles. The standard InChI is InChI=1S/C34H35F3N4O6S.C29H27F3N4O4S.C25H19F3N2O5S.C9H18N2O2/c1-22-13-14-30(47-48(44,45)26-12-8-11-24(18-26)34(35,36)37)27(17-22)28-19-29(23-9-6-5-7-10-23)41(39-28)21-31(42)38-25-15-16-40(20-25)32(43)46-33(2,3)4;1-19-10-11-27(40-41(38,39)23-9-5-8-21(15-23)29(30,31)32)24(14-19)25-16-26(20-6-3-2-4-7-20)36(35-25)18-28(37)34-22-12-13-33-17-22;1-16-10-11-23(35-36(33,34)19-9-5-8-18(13-19)25(26,27)28)20(12-16)21-14-22(17-6-3-2-4-7-17)30(29-21)15-24(31)32;1-9(2,3)13-8(12)11-5-4-7(10)6-11/h5-14,17-19,25H,15-16,20-21H2,1-4H3,(H,38,42);2-11,14-16,22,33H,12-13,17-18H2,1H3,(H,34,37);2-14H,15H2,1H3,(H,31,32);7H,4-6,10H2,1-3H3/t25-;22-;;/m11../s1. The third kappa shape index (κ3) is 28.0. The number of nitrogens with zero attached hydrogens (tertiary/aromatic N) is 8. The number of likely N-dealkylation sites (tertiary alicyclic amines) is 2. The van der Waals surface area contributed by atoms with E-state index in [0.29, 0.717) is 84.7 Å². The lowest BCUT2D eigenvalue weighted by Crippen LogP contribution is -2.41. The number of amides is 4. The Morgan fingerprint density at radius 3 is 1.04 bits per heavy atom. The van der Waals surface area contributed by atoms with Crippen LogP contribution in [0.25, 0.3) is 67.5 Å². The van der Waals surface area contributed by atoms with Crippen LogP contribution in [0.5, 0.6) is 17.2 Å². The number of carbonyl (C=O) groups is 5. The number of hydrogen-bond acceptors (Lipinski definition) is 21. The molecule has 3 aliphatic heterocycles. The molecule has 6 heterocycles. The van der Waals surface area contributed by atoms with Gasteiger partial charge in [0, 0.05) is 67.5 Å². The Morgan fingerprint density at radius 2 is 0.739 bits per heavy atom. The highest BCUT2D eigenvalue weighted by atomic mass is 32.2. The van der Waals surface area contributed by atoms with E-state index in [4.69, 9.17) is 27.8 Å². The van der Waals surface area contributed by atoms with Gasteiger partial charge in [-0.15, -0.1) is 0 Å². The summed E-state index contributed by atoms with van der Waals surface area (Å²) in [5.74, 6) is -2.14. The predicted molar refractivity (Wildman–Crippen MR) is 493 cm³/mol. The Hall–Kier alpha value is -13.9. The van der Waals surface area contributed by atoms with Crippen LogP contribution in [0.2, 0.25) is 0 Å². The lowest BCUT2D eigenvalue weighted by Gasteiger charge is -2.24. The van der Waals surface area contributed by atoms with Crippen LogP contribution in [0.3, 0.4) is 0 Å². The molecule has 0 saturated carbocycles. The Morgan fingerprint density at radius 1 is 0.413 bits per heavy atom. The Labute approximate surface area is 790 Å². The van der Waals surface area contributed by atoms with Crippen LogP contribution >= 0.6 is 0 Å². The zero-order valence-corrected chi connectivity index (χ0v) is 78.4. The molecule has 730 valence electrons. The van der Waals surface area contributed by atoms with E-state index in [0.717, 1.165) is 108 Å². The van der Waals surface area contributed by atoms with Crippen LogP contribution in [0.4, 0.5) is 49.1 Å². The van der Waals surface area contributed by atoms with Gasteiger partial charge in [-0.1, -0.05) is 144 Å². The summed E-state index contributed by atoms with van der Waals surface area (Å²) in [4.78, 5) is 62.8. The predicted octanol–water partition coefficient (Wildman–Crippen LogP) is 17.6. The molecular formula is C97H99F9N12O17S3. The van der Waals surface area contributed by atoms with Crippen molar-refractivity contribution in [1.29, 1.82) is 0 Å². The van der Waals surface area contributed by atoms with E-state index in [2.05, 4.69) is 31.2 Å². The lowest BCUT2D eigenvalue weighted by atomic mass is 10.1. The summed E-state index contributed by atoms with van der Waals surface area (Å²) in [6, 6.07) is 56.0. The van der Waals surface area contributed by atoms with E-state index in [1.54, 1.807) is 136 Å². The van der Waals surface area contributed by atoms with E-state index in [9.17, 15) is 93.8 Å². The van der Waals surface area contributed by atoms with Gasteiger partial charge in [0.15, 0.2) is 17.2 Å². The van der Waals surface area contributed by atoms with Gasteiger partial charge in [-0.05, 0) is 214 Å². The molecule has 0 spiro atoms. The normalized spacial score (nSPS) is 15.3. The number of ether oxygens (including phenoxy) is 2. The highest BCUT2D eigenvalue weighted by Crippen LogP contribution is 2.42. The van der Waals surface area contributed by atoms with Crippen LogP contribution in [0.1, 0.15) is 94.2 Å². The van der Waals surface area contributed by atoms with Gasteiger partial charge >= 0.3 is 67.0 Å².